The summed E-state index contributed by atoms with van der Waals surface area (Å²) in [6.45, 7) is 11.2. The lowest BCUT2D eigenvalue weighted by Gasteiger charge is -2.26. The number of likely N-dealkylation sites (tertiary alicyclic amines) is 1. The highest BCUT2D eigenvalue weighted by atomic mass is 16.6. The standard InChI is InChI=1S/C16H28N4O2/c1-11-14(12(2)19-18-11)17-13-7-6-9-20(10-8-13)15(21)22-16(3,4)5/h13,17H,6-10H2,1-5H3,(H,18,19). The predicted octanol–water partition coefficient (Wildman–Crippen LogP) is 3.23. The Balaban J connectivity index is 1.91. The number of carbonyl (C=O) groups is 1. The number of rotatable bonds is 2. The fourth-order valence-electron chi connectivity index (χ4n) is 2.72. The predicted molar refractivity (Wildman–Crippen MR) is 87.1 cm³/mol. The lowest BCUT2D eigenvalue weighted by atomic mass is 10.1. The molecular weight excluding hydrogens is 280 g/mol. The van der Waals surface area contributed by atoms with Crippen LogP contribution in [0.1, 0.15) is 51.4 Å². The van der Waals surface area contributed by atoms with E-state index in [0.717, 1.165) is 49.4 Å². The van der Waals surface area contributed by atoms with Gasteiger partial charge >= 0.3 is 6.09 Å². The second-order valence-corrected chi connectivity index (χ2v) is 7.05. The van der Waals surface area contributed by atoms with Gasteiger partial charge in [0.05, 0.1) is 17.1 Å². The van der Waals surface area contributed by atoms with Crippen LogP contribution in [0.15, 0.2) is 0 Å². The zero-order valence-electron chi connectivity index (χ0n) is 14.3. The Kier molecular flexibility index (Phi) is 4.98. The largest absolute Gasteiger partial charge is 0.444 e. The van der Waals surface area contributed by atoms with Crippen molar-refractivity contribution >= 4 is 11.8 Å². The van der Waals surface area contributed by atoms with Crippen molar-refractivity contribution in [3.05, 3.63) is 11.4 Å². The molecule has 1 saturated heterocycles. The molecule has 2 rings (SSSR count). The van der Waals surface area contributed by atoms with Gasteiger partial charge in [0.1, 0.15) is 5.60 Å². The number of aromatic amines is 1. The van der Waals surface area contributed by atoms with Crippen LogP contribution in [0.3, 0.4) is 0 Å². The minimum absolute atomic E-state index is 0.205. The van der Waals surface area contributed by atoms with Gasteiger partial charge in [-0.05, 0) is 53.9 Å². The van der Waals surface area contributed by atoms with Crippen LogP contribution in [0, 0.1) is 13.8 Å². The molecule has 0 saturated carbocycles. The molecule has 1 amide bonds. The normalized spacial score (nSPS) is 19.7. The van der Waals surface area contributed by atoms with E-state index in [4.69, 9.17) is 4.74 Å². The summed E-state index contributed by atoms with van der Waals surface area (Å²) in [4.78, 5) is 14.0. The van der Waals surface area contributed by atoms with Gasteiger partial charge in [0, 0.05) is 19.1 Å². The molecule has 1 aliphatic rings. The van der Waals surface area contributed by atoms with Crippen LogP contribution >= 0.6 is 0 Å². The van der Waals surface area contributed by atoms with Crippen LogP contribution in [0.2, 0.25) is 0 Å². The third-order valence-corrected chi connectivity index (χ3v) is 3.86. The molecule has 1 unspecified atom stereocenters. The van der Waals surface area contributed by atoms with E-state index in [9.17, 15) is 4.79 Å². The molecule has 0 aromatic carbocycles. The monoisotopic (exact) mass is 308 g/mol. The van der Waals surface area contributed by atoms with Gasteiger partial charge in [0.15, 0.2) is 0 Å². The first-order valence-corrected chi connectivity index (χ1v) is 8.02. The molecule has 6 heteroatoms. The third-order valence-electron chi connectivity index (χ3n) is 3.86. The molecule has 1 aromatic rings. The molecule has 1 aliphatic heterocycles. The van der Waals surface area contributed by atoms with Crippen molar-refractivity contribution in [2.24, 2.45) is 0 Å². The van der Waals surface area contributed by atoms with Crippen molar-refractivity contribution in [1.29, 1.82) is 0 Å². The van der Waals surface area contributed by atoms with Crippen LogP contribution in [-0.4, -0.2) is 45.9 Å². The number of amides is 1. The Morgan fingerprint density at radius 2 is 2.05 bits per heavy atom. The number of nitrogens with zero attached hydrogens (tertiary/aromatic N) is 2. The number of aryl methyl sites for hydroxylation is 2. The molecule has 0 bridgehead atoms. The summed E-state index contributed by atoms with van der Waals surface area (Å²) in [5.41, 5.74) is 2.71. The molecule has 6 nitrogen and oxygen atoms in total. The number of nitrogens with one attached hydrogen (secondary N) is 2. The third kappa shape index (κ3) is 4.39. The van der Waals surface area contributed by atoms with Crippen LogP contribution in [0.25, 0.3) is 0 Å². The maximum Gasteiger partial charge on any atom is 0.410 e. The summed E-state index contributed by atoms with van der Waals surface area (Å²) in [5, 5.41) is 10.8. The van der Waals surface area contributed by atoms with Gasteiger partial charge < -0.3 is 15.0 Å². The number of H-pyrrole nitrogens is 1. The number of hydrogen-bond donors (Lipinski definition) is 2. The van der Waals surface area contributed by atoms with Crippen molar-refractivity contribution in [2.45, 2.75) is 65.5 Å². The molecule has 1 fully saturated rings. The molecule has 2 N–H and O–H groups in total. The Bertz CT molecular complexity index is 499. The second-order valence-electron chi connectivity index (χ2n) is 7.05. The van der Waals surface area contributed by atoms with Gasteiger partial charge in [0.2, 0.25) is 0 Å². The summed E-state index contributed by atoms with van der Waals surface area (Å²) in [6, 6.07) is 0.363. The maximum absolute atomic E-state index is 12.2. The van der Waals surface area contributed by atoms with E-state index < -0.39 is 5.60 Å². The van der Waals surface area contributed by atoms with Crippen LogP contribution < -0.4 is 5.32 Å². The van der Waals surface area contributed by atoms with Crippen molar-refractivity contribution in [1.82, 2.24) is 15.1 Å². The number of carbonyl (C=O) groups excluding carboxylic acids is 1. The summed E-state index contributed by atoms with van der Waals surface area (Å²) >= 11 is 0. The van der Waals surface area contributed by atoms with Gasteiger partial charge in [-0.3, -0.25) is 5.10 Å². The zero-order valence-corrected chi connectivity index (χ0v) is 14.3. The van der Waals surface area contributed by atoms with Crippen molar-refractivity contribution in [2.75, 3.05) is 18.4 Å². The van der Waals surface area contributed by atoms with E-state index in [1.807, 2.05) is 39.5 Å². The Morgan fingerprint density at radius 3 is 2.64 bits per heavy atom. The molecule has 1 aromatic heterocycles. The van der Waals surface area contributed by atoms with Crippen molar-refractivity contribution < 1.29 is 9.53 Å². The first kappa shape index (κ1) is 16.6. The summed E-state index contributed by atoms with van der Waals surface area (Å²) in [5.74, 6) is 0. The van der Waals surface area contributed by atoms with E-state index in [-0.39, 0.29) is 6.09 Å². The van der Waals surface area contributed by atoms with E-state index in [1.54, 1.807) is 0 Å². The minimum Gasteiger partial charge on any atom is -0.444 e. The molecule has 124 valence electrons. The van der Waals surface area contributed by atoms with Gasteiger partial charge in [0.25, 0.3) is 0 Å². The highest BCUT2D eigenvalue weighted by Gasteiger charge is 2.25. The number of ether oxygens (including phenoxy) is 1. The molecule has 0 spiro atoms. The summed E-state index contributed by atoms with van der Waals surface area (Å²) in [7, 11) is 0. The van der Waals surface area contributed by atoms with E-state index in [0.29, 0.717) is 6.04 Å². The zero-order chi connectivity index (χ0) is 16.3. The fourth-order valence-corrected chi connectivity index (χ4v) is 2.72. The van der Waals surface area contributed by atoms with Gasteiger partial charge in [-0.25, -0.2) is 4.79 Å². The SMILES string of the molecule is Cc1n[nH]c(C)c1NC1CCCN(C(=O)OC(C)(C)C)CC1. The Hall–Kier alpha value is -1.72. The van der Waals surface area contributed by atoms with E-state index >= 15 is 0 Å². The van der Waals surface area contributed by atoms with Gasteiger partial charge in [-0.2, -0.15) is 5.10 Å². The van der Waals surface area contributed by atoms with Gasteiger partial charge in [-0.15, -0.1) is 0 Å². The summed E-state index contributed by atoms with van der Waals surface area (Å²) < 4.78 is 5.46. The van der Waals surface area contributed by atoms with Crippen LogP contribution in [-0.2, 0) is 4.74 Å². The summed E-state index contributed by atoms with van der Waals surface area (Å²) in [6.07, 6.45) is 2.74. The molecule has 2 heterocycles. The number of anilines is 1. The first-order chi connectivity index (χ1) is 10.3. The lowest BCUT2D eigenvalue weighted by Crippen LogP contribution is -2.37. The smallest absolute Gasteiger partial charge is 0.410 e. The molecule has 1 atom stereocenters. The molecule has 0 radical (unpaired) electrons. The Labute approximate surface area is 132 Å². The molecule has 0 aliphatic carbocycles. The first-order valence-electron chi connectivity index (χ1n) is 8.02. The number of aromatic nitrogens is 2. The molecular formula is C16H28N4O2. The quantitative estimate of drug-likeness (QED) is 0.880. The number of hydrogen-bond acceptors (Lipinski definition) is 4. The maximum atomic E-state index is 12.2. The topological polar surface area (TPSA) is 70.2 Å². The van der Waals surface area contributed by atoms with Crippen LogP contribution in [0.5, 0.6) is 0 Å². The highest BCUT2D eigenvalue weighted by Crippen LogP contribution is 2.22. The van der Waals surface area contributed by atoms with E-state index in [2.05, 4.69) is 15.5 Å². The minimum atomic E-state index is -0.438. The molecule has 22 heavy (non-hydrogen) atoms. The van der Waals surface area contributed by atoms with Crippen LogP contribution in [0.4, 0.5) is 10.5 Å². The second kappa shape index (κ2) is 6.58. The average molecular weight is 308 g/mol. The van der Waals surface area contributed by atoms with Crippen molar-refractivity contribution in [3.8, 4) is 0 Å². The highest BCUT2D eigenvalue weighted by molar-refractivity contribution is 5.68. The van der Waals surface area contributed by atoms with Crippen molar-refractivity contribution in [3.63, 3.8) is 0 Å². The van der Waals surface area contributed by atoms with Gasteiger partial charge in [-0.1, -0.05) is 0 Å². The average Bonchev–Trinajstić information content (AvgIpc) is 2.64. The van der Waals surface area contributed by atoms with E-state index in [1.165, 1.54) is 0 Å². The Morgan fingerprint density at radius 1 is 1.32 bits per heavy atom. The lowest BCUT2D eigenvalue weighted by molar-refractivity contribution is 0.0256. The fraction of sp³-hybridized carbons (Fsp3) is 0.750.